The van der Waals surface area contributed by atoms with Crippen molar-refractivity contribution in [1.29, 1.82) is 0 Å². The summed E-state index contributed by atoms with van der Waals surface area (Å²) >= 11 is 0. The summed E-state index contributed by atoms with van der Waals surface area (Å²) < 4.78 is 0. The van der Waals surface area contributed by atoms with Crippen LogP contribution in [0.2, 0.25) is 0 Å². The molecule has 0 N–H and O–H groups in total. The number of dihydropyridines is 1. The minimum Gasteiger partial charge on any atom is -0.292 e. The van der Waals surface area contributed by atoms with Crippen molar-refractivity contribution in [3.63, 3.8) is 0 Å². The van der Waals surface area contributed by atoms with E-state index >= 15 is 0 Å². The van der Waals surface area contributed by atoms with Gasteiger partial charge in [0.1, 0.15) is 0 Å². The van der Waals surface area contributed by atoms with Crippen LogP contribution in [-0.2, 0) is 0 Å². The van der Waals surface area contributed by atoms with Gasteiger partial charge in [-0.2, -0.15) is 4.98 Å². The number of nitrogens with zero attached hydrogens (tertiary/aromatic N) is 2. The van der Waals surface area contributed by atoms with Gasteiger partial charge in [0.2, 0.25) is 0 Å². The monoisotopic (exact) mass is 156 g/mol. The van der Waals surface area contributed by atoms with Gasteiger partial charge in [-0.25, -0.2) is 0 Å². The molecule has 2 heterocycles. The zero-order valence-electron chi connectivity index (χ0n) is 6.62. The lowest BCUT2D eigenvalue weighted by atomic mass is 10.1. The van der Waals surface area contributed by atoms with E-state index in [4.69, 9.17) is 0 Å². The lowest BCUT2D eigenvalue weighted by molar-refractivity contribution is 1.00. The largest absolute Gasteiger partial charge is 0.292 e. The molecule has 1 aromatic heterocycles. The maximum Gasteiger partial charge on any atom is 0.0828 e. The molecule has 1 aliphatic rings. The van der Waals surface area contributed by atoms with Crippen molar-refractivity contribution in [1.82, 2.24) is 4.98 Å². The first kappa shape index (κ1) is 7.05. The quantitative estimate of drug-likeness (QED) is 0.605. The Morgan fingerprint density at radius 2 is 2.42 bits per heavy atom. The second-order valence-corrected chi connectivity index (χ2v) is 2.57. The van der Waals surface area contributed by atoms with Gasteiger partial charge < -0.3 is 0 Å². The highest BCUT2D eigenvalue weighted by Crippen LogP contribution is 2.11. The number of hydrogen-bond donors (Lipinski definition) is 0. The summed E-state index contributed by atoms with van der Waals surface area (Å²) in [6.07, 6.45) is 7.69. The summed E-state index contributed by atoms with van der Waals surface area (Å²) in [7, 11) is 0. The van der Waals surface area contributed by atoms with E-state index in [9.17, 15) is 0 Å². The number of rotatable bonds is 1. The molecule has 0 radical (unpaired) electrons. The second kappa shape index (κ2) is 3.19. The van der Waals surface area contributed by atoms with Crippen molar-refractivity contribution in [3.05, 3.63) is 36.2 Å². The Kier molecular flexibility index (Phi) is 1.87. The van der Waals surface area contributed by atoms with Crippen LogP contribution >= 0.6 is 0 Å². The van der Waals surface area contributed by atoms with E-state index in [-0.39, 0.29) is 0 Å². The van der Waals surface area contributed by atoms with Crippen molar-refractivity contribution in [3.8, 4) is 0 Å². The summed E-state index contributed by atoms with van der Waals surface area (Å²) in [5, 5.41) is 0. The van der Waals surface area contributed by atoms with Crippen molar-refractivity contribution < 1.29 is 0 Å². The highest BCUT2D eigenvalue weighted by Gasteiger charge is 2.01. The van der Waals surface area contributed by atoms with Gasteiger partial charge in [-0.3, -0.25) is 4.99 Å². The first-order chi connectivity index (χ1) is 5.97. The SMILES string of the molecule is c1ccc(C2=CCCN=C2)nc#1. The van der Waals surface area contributed by atoms with E-state index in [0.717, 1.165) is 24.2 Å². The fourth-order valence-electron chi connectivity index (χ4n) is 1.13. The van der Waals surface area contributed by atoms with E-state index in [1.54, 1.807) is 0 Å². The lowest BCUT2D eigenvalue weighted by Crippen LogP contribution is -1.95. The van der Waals surface area contributed by atoms with Crippen molar-refractivity contribution in [2.75, 3.05) is 6.54 Å². The van der Waals surface area contributed by atoms with Gasteiger partial charge >= 0.3 is 0 Å². The normalized spacial score (nSPS) is 15.2. The van der Waals surface area contributed by atoms with Crippen LogP contribution in [-0.4, -0.2) is 17.7 Å². The summed E-state index contributed by atoms with van der Waals surface area (Å²) in [6.45, 7) is 0.895. The van der Waals surface area contributed by atoms with Gasteiger partial charge in [-0.05, 0) is 24.6 Å². The molecule has 0 spiro atoms. The fraction of sp³-hybridized carbons (Fsp3) is 0.200. The van der Waals surface area contributed by atoms with Crippen molar-refractivity contribution in [2.45, 2.75) is 6.42 Å². The molecule has 0 amide bonds. The molecular weight excluding hydrogens is 148 g/mol. The molecule has 58 valence electrons. The van der Waals surface area contributed by atoms with Crippen LogP contribution in [0.25, 0.3) is 5.57 Å². The summed E-state index contributed by atoms with van der Waals surface area (Å²) in [4.78, 5) is 8.24. The molecule has 0 atom stereocenters. The van der Waals surface area contributed by atoms with Crippen LogP contribution in [0.5, 0.6) is 0 Å². The lowest BCUT2D eigenvalue weighted by Gasteiger charge is -2.02. The first-order valence-electron chi connectivity index (χ1n) is 3.92. The molecule has 0 aliphatic carbocycles. The predicted octanol–water partition coefficient (Wildman–Crippen LogP) is 1.54. The molecule has 0 bridgehead atoms. The van der Waals surface area contributed by atoms with E-state index in [2.05, 4.69) is 28.3 Å². The summed E-state index contributed by atoms with van der Waals surface area (Å²) in [5.41, 5.74) is 2.02. The number of aromatic nitrogens is 1. The molecule has 0 saturated carbocycles. The Labute approximate surface area is 71.7 Å². The van der Waals surface area contributed by atoms with Crippen LogP contribution in [0.1, 0.15) is 12.1 Å². The van der Waals surface area contributed by atoms with Gasteiger partial charge in [0.25, 0.3) is 0 Å². The zero-order valence-corrected chi connectivity index (χ0v) is 6.62. The van der Waals surface area contributed by atoms with Gasteiger partial charge in [0, 0.05) is 24.5 Å². The smallest absolute Gasteiger partial charge is 0.0828 e. The van der Waals surface area contributed by atoms with Crippen LogP contribution in [0.3, 0.4) is 0 Å². The fourth-order valence-corrected chi connectivity index (χ4v) is 1.13. The Bertz CT molecular complexity index is 312. The summed E-state index contributed by atoms with van der Waals surface area (Å²) in [6, 6.07) is 6.49. The topological polar surface area (TPSA) is 25.2 Å². The number of aliphatic imine (C=N–C) groups is 1. The van der Waals surface area contributed by atoms with E-state index in [0.29, 0.717) is 0 Å². The molecule has 2 nitrogen and oxygen atoms in total. The average molecular weight is 156 g/mol. The summed E-state index contributed by atoms with van der Waals surface area (Å²) in [5.74, 6) is 0. The molecule has 2 rings (SSSR count). The molecule has 0 fully saturated rings. The van der Waals surface area contributed by atoms with Gasteiger partial charge in [0.15, 0.2) is 0 Å². The zero-order chi connectivity index (χ0) is 8.23. The molecule has 0 aromatic carbocycles. The average Bonchev–Trinajstić information content (AvgIpc) is 2.21. The third-order valence-electron chi connectivity index (χ3n) is 1.71. The molecule has 12 heavy (non-hydrogen) atoms. The Balaban J connectivity index is 2.31. The highest BCUT2D eigenvalue weighted by molar-refractivity contribution is 6.09. The van der Waals surface area contributed by atoms with E-state index in [1.165, 1.54) is 0 Å². The number of allylic oxidation sites excluding steroid dienone is 1. The molecule has 0 unspecified atom stereocenters. The molecule has 0 saturated heterocycles. The Morgan fingerprint density at radius 1 is 1.42 bits per heavy atom. The first-order valence-corrected chi connectivity index (χ1v) is 3.92. The van der Waals surface area contributed by atoms with Gasteiger partial charge in [-0.1, -0.05) is 6.08 Å². The van der Waals surface area contributed by atoms with Crippen LogP contribution in [0.15, 0.2) is 23.2 Å². The Morgan fingerprint density at radius 3 is 3.08 bits per heavy atom. The second-order valence-electron chi connectivity index (χ2n) is 2.57. The highest BCUT2D eigenvalue weighted by atomic mass is 14.7. The minimum atomic E-state index is 0.895. The molecule has 1 aliphatic heterocycles. The van der Waals surface area contributed by atoms with Crippen molar-refractivity contribution >= 4 is 11.8 Å². The number of hydrogen-bond acceptors (Lipinski definition) is 2. The third kappa shape index (κ3) is 1.35. The molecule has 1 aromatic rings. The standard InChI is InChI=1S/C10H8N2/c1-2-7-12-10(5-1)9-4-3-6-11-8-9/h1,4-5,8H,3,6H2. The van der Waals surface area contributed by atoms with E-state index < -0.39 is 0 Å². The van der Waals surface area contributed by atoms with Crippen LogP contribution < -0.4 is 0 Å². The van der Waals surface area contributed by atoms with E-state index in [1.807, 2.05) is 18.3 Å². The van der Waals surface area contributed by atoms with Crippen LogP contribution in [0, 0.1) is 12.3 Å². The van der Waals surface area contributed by atoms with Gasteiger partial charge in [-0.15, -0.1) is 0 Å². The Hall–Kier alpha value is -1.62. The minimum absolute atomic E-state index is 0.895. The maximum atomic E-state index is 4.18. The van der Waals surface area contributed by atoms with Crippen molar-refractivity contribution in [2.24, 2.45) is 4.99 Å². The maximum absolute atomic E-state index is 4.18. The van der Waals surface area contributed by atoms with Crippen LogP contribution in [0.4, 0.5) is 0 Å². The molecular formula is C10H8N2. The third-order valence-corrected chi connectivity index (χ3v) is 1.71. The molecule has 2 heteroatoms. The predicted molar refractivity (Wildman–Crippen MR) is 47.9 cm³/mol. The van der Waals surface area contributed by atoms with Gasteiger partial charge in [0.05, 0.1) is 5.69 Å².